The van der Waals surface area contributed by atoms with Crippen molar-refractivity contribution in [3.8, 4) is 0 Å². The fraction of sp³-hybridized carbons (Fsp3) is 0.692. The molecule has 7 atom stereocenters. The lowest BCUT2D eigenvalue weighted by molar-refractivity contribution is -0.216. The molecule has 2 saturated heterocycles. The number of ether oxygens (including phenoxy) is 3. The minimum atomic E-state index is -0.861. The van der Waals surface area contributed by atoms with Gasteiger partial charge in [-0.25, -0.2) is 4.79 Å². The van der Waals surface area contributed by atoms with E-state index in [9.17, 15) is 9.59 Å². The number of carbonyl (C=O) groups excluding carboxylic acids is 2. The van der Waals surface area contributed by atoms with Crippen molar-refractivity contribution in [1.82, 2.24) is 0 Å². The summed E-state index contributed by atoms with van der Waals surface area (Å²) in [7, 11) is 0. The minimum Gasteiger partial charge on any atom is -0.451 e. The molecule has 5 heteroatoms. The van der Waals surface area contributed by atoms with Crippen LogP contribution in [0.3, 0.4) is 0 Å². The lowest BCUT2D eigenvalue weighted by Crippen LogP contribution is -2.53. The van der Waals surface area contributed by atoms with Gasteiger partial charge in [0, 0.05) is 12.0 Å². The van der Waals surface area contributed by atoms with Crippen LogP contribution >= 0.6 is 0 Å². The number of ketones is 1. The third-order valence-electron chi connectivity index (χ3n) is 6.99. The quantitative estimate of drug-likeness (QED) is 0.352. The van der Waals surface area contributed by atoms with Crippen LogP contribution in [-0.4, -0.2) is 36.4 Å². The molecule has 3 rings (SSSR count). The lowest BCUT2D eigenvalue weighted by atomic mass is 9.67. The predicted octanol–water partition coefficient (Wildman–Crippen LogP) is 5.16. The van der Waals surface area contributed by atoms with E-state index in [1.807, 2.05) is 13.8 Å². The highest BCUT2D eigenvalue weighted by Crippen LogP contribution is 2.50. The molecule has 0 spiro atoms. The van der Waals surface area contributed by atoms with Crippen LogP contribution in [0.15, 0.2) is 35.5 Å². The van der Waals surface area contributed by atoms with Gasteiger partial charge >= 0.3 is 5.97 Å². The molecule has 0 bridgehead atoms. The average Bonchev–Trinajstić information content (AvgIpc) is 3.03. The second kappa shape index (κ2) is 9.83. The molecular weight excluding hydrogens is 392 g/mol. The van der Waals surface area contributed by atoms with Gasteiger partial charge in [-0.05, 0) is 70.8 Å². The van der Waals surface area contributed by atoms with E-state index in [1.54, 1.807) is 6.92 Å². The number of hydrogen-bond donors (Lipinski definition) is 0. The van der Waals surface area contributed by atoms with Crippen molar-refractivity contribution in [2.24, 2.45) is 23.7 Å². The molecule has 2 heterocycles. The Hall–Kier alpha value is -1.72. The summed E-state index contributed by atoms with van der Waals surface area (Å²) in [5, 5.41) is 0. The van der Waals surface area contributed by atoms with Gasteiger partial charge in [-0.1, -0.05) is 37.6 Å². The first-order valence-electron chi connectivity index (χ1n) is 11.6. The molecule has 0 aromatic carbocycles. The van der Waals surface area contributed by atoms with Gasteiger partial charge in [0.2, 0.25) is 5.78 Å². The van der Waals surface area contributed by atoms with Gasteiger partial charge in [0.15, 0.2) is 12.4 Å². The largest absolute Gasteiger partial charge is 0.451 e. The van der Waals surface area contributed by atoms with E-state index in [-0.39, 0.29) is 23.7 Å². The van der Waals surface area contributed by atoms with Crippen molar-refractivity contribution in [3.63, 3.8) is 0 Å². The molecule has 0 N–H and O–H groups in total. The Kier molecular flexibility index (Phi) is 7.59. The zero-order valence-corrected chi connectivity index (χ0v) is 19.9. The van der Waals surface area contributed by atoms with Gasteiger partial charge in [0.05, 0.1) is 12.0 Å². The second-order valence-corrected chi connectivity index (χ2v) is 10.0. The van der Waals surface area contributed by atoms with Crippen molar-refractivity contribution >= 4 is 11.8 Å². The zero-order valence-electron chi connectivity index (χ0n) is 19.9. The second-order valence-electron chi connectivity index (χ2n) is 10.0. The summed E-state index contributed by atoms with van der Waals surface area (Å²) in [6, 6.07) is 0. The number of Topliss-reactive ketones (excluding diaryl/α,β-unsaturated/α-hetero) is 1. The van der Waals surface area contributed by atoms with Crippen LogP contribution in [0.1, 0.15) is 67.2 Å². The van der Waals surface area contributed by atoms with Crippen molar-refractivity contribution in [3.05, 3.63) is 35.5 Å². The lowest BCUT2D eigenvalue weighted by Gasteiger charge is -2.40. The van der Waals surface area contributed by atoms with Crippen LogP contribution < -0.4 is 0 Å². The van der Waals surface area contributed by atoms with Crippen LogP contribution in [0.25, 0.3) is 0 Å². The number of carbonyl (C=O) groups is 2. The maximum Gasteiger partial charge on any atom is 0.331 e. The molecule has 5 nitrogen and oxygen atoms in total. The smallest absolute Gasteiger partial charge is 0.331 e. The summed E-state index contributed by atoms with van der Waals surface area (Å²) in [5.41, 5.74) is 3.27. The van der Waals surface area contributed by atoms with Crippen molar-refractivity contribution in [1.29, 1.82) is 0 Å². The van der Waals surface area contributed by atoms with Crippen LogP contribution in [0.2, 0.25) is 0 Å². The van der Waals surface area contributed by atoms with E-state index < -0.39 is 24.5 Å². The third-order valence-corrected chi connectivity index (χ3v) is 6.99. The molecule has 3 aliphatic rings. The maximum atomic E-state index is 13.1. The van der Waals surface area contributed by atoms with Crippen molar-refractivity contribution in [2.45, 2.75) is 91.8 Å². The molecule has 31 heavy (non-hydrogen) atoms. The summed E-state index contributed by atoms with van der Waals surface area (Å²) in [6.07, 6.45) is 5.24. The summed E-state index contributed by atoms with van der Waals surface area (Å²) in [4.78, 5) is 25.7. The Labute approximate surface area is 186 Å². The van der Waals surface area contributed by atoms with Gasteiger partial charge in [-0.2, -0.15) is 0 Å². The van der Waals surface area contributed by atoms with E-state index in [2.05, 4.69) is 33.4 Å². The first-order chi connectivity index (χ1) is 14.6. The van der Waals surface area contributed by atoms with Crippen molar-refractivity contribution in [2.75, 3.05) is 0 Å². The highest BCUT2D eigenvalue weighted by atomic mass is 16.7. The monoisotopic (exact) mass is 430 g/mol. The number of allylic oxidation sites excluding steroid dienone is 3. The highest BCUT2D eigenvalue weighted by Gasteiger charge is 2.59. The van der Waals surface area contributed by atoms with Crippen molar-refractivity contribution < 1.29 is 23.8 Å². The van der Waals surface area contributed by atoms with Gasteiger partial charge in [0.25, 0.3) is 0 Å². The molecular formula is C26H38O5. The fourth-order valence-electron chi connectivity index (χ4n) is 5.39. The number of rotatable bonds is 3. The molecule has 0 aromatic rings. The van der Waals surface area contributed by atoms with E-state index >= 15 is 0 Å². The van der Waals surface area contributed by atoms with Gasteiger partial charge in [0.1, 0.15) is 6.10 Å². The Morgan fingerprint density at radius 3 is 2.58 bits per heavy atom. The summed E-state index contributed by atoms with van der Waals surface area (Å²) >= 11 is 0. The molecule has 0 radical (unpaired) electrons. The highest BCUT2D eigenvalue weighted by molar-refractivity contribution is 5.92. The Morgan fingerprint density at radius 1 is 1.23 bits per heavy atom. The number of hydrogen-bond acceptors (Lipinski definition) is 5. The molecule has 172 valence electrons. The fourth-order valence-corrected chi connectivity index (χ4v) is 5.39. The molecule has 0 amide bonds. The SMILES string of the molecule is C=C1CC/C=C(\C)CC[C@H](C(C)C)[C@H]2[C@H]3[C@@H](O[C@H](C)C(=O)[C@@H]3OC(=O)C=C(C)C)O[C@@H]12. The van der Waals surface area contributed by atoms with Crippen LogP contribution in [0.4, 0.5) is 0 Å². The van der Waals surface area contributed by atoms with Crippen LogP contribution in [-0.2, 0) is 23.8 Å². The van der Waals surface area contributed by atoms with Crippen LogP contribution in [0.5, 0.6) is 0 Å². The molecule has 0 aromatic heterocycles. The maximum absolute atomic E-state index is 13.1. The standard InChI is InChI=1S/C26H38O5/c1-14(2)13-20(27)30-25-22-21-19(15(3)4)12-11-16(5)9-8-10-17(6)24(21)31-26(22)29-18(7)23(25)28/h9,13,15,18-19,21-22,24-26H,6,8,10-12H2,1-5,7H3/b16-9+/t18-,19-,21+,22-,24+,25-,26+/m1/s1. The van der Waals surface area contributed by atoms with E-state index in [1.165, 1.54) is 11.6 Å². The Bertz CT molecular complexity index is 773. The van der Waals surface area contributed by atoms with Gasteiger partial charge < -0.3 is 14.2 Å². The van der Waals surface area contributed by atoms with Gasteiger partial charge in [-0.15, -0.1) is 0 Å². The van der Waals surface area contributed by atoms with E-state index in [0.29, 0.717) is 11.8 Å². The van der Waals surface area contributed by atoms with E-state index in [0.717, 1.165) is 36.8 Å². The Balaban J connectivity index is 2.01. The number of esters is 1. The molecule has 2 aliphatic heterocycles. The predicted molar refractivity (Wildman–Crippen MR) is 120 cm³/mol. The first kappa shape index (κ1) is 23.9. The zero-order chi connectivity index (χ0) is 22.9. The molecule has 0 unspecified atom stereocenters. The first-order valence-corrected chi connectivity index (χ1v) is 11.6. The Morgan fingerprint density at radius 2 is 1.94 bits per heavy atom. The van der Waals surface area contributed by atoms with Gasteiger partial charge in [-0.3, -0.25) is 4.79 Å². The van der Waals surface area contributed by atoms with Crippen LogP contribution in [0, 0.1) is 23.7 Å². The summed E-state index contributed by atoms with van der Waals surface area (Å²) in [6.45, 7) is 16.4. The summed E-state index contributed by atoms with van der Waals surface area (Å²) < 4.78 is 18.2. The molecule has 1 aliphatic carbocycles. The topological polar surface area (TPSA) is 61.8 Å². The minimum absolute atomic E-state index is 0.0179. The number of fused-ring (bicyclic) bond motifs is 3. The van der Waals surface area contributed by atoms with E-state index in [4.69, 9.17) is 14.2 Å². The summed E-state index contributed by atoms with van der Waals surface area (Å²) in [5.74, 6) is -0.276. The third kappa shape index (κ3) is 5.20. The molecule has 2 fully saturated rings. The average molecular weight is 431 g/mol. The molecule has 0 saturated carbocycles. The normalized spacial score (nSPS) is 38.0.